The summed E-state index contributed by atoms with van der Waals surface area (Å²) in [4.78, 5) is 18.6. The number of hydrogen-bond acceptors (Lipinski definition) is 7. The van der Waals surface area contributed by atoms with E-state index >= 15 is 0 Å². The first-order valence-electron chi connectivity index (χ1n) is 14.7. The molecule has 0 aliphatic carbocycles. The van der Waals surface area contributed by atoms with Crippen LogP contribution >= 0.6 is 11.3 Å². The molecule has 0 unspecified atom stereocenters. The summed E-state index contributed by atoms with van der Waals surface area (Å²) >= 11 is 1.31. The van der Waals surface area contributed by atoms with Gasteiger partial charge >= 0.3 is 0 Å². The molecular weight excluding hydrogens is 570 g/mol. The van der Waals surface area contributed by atoms with Crippen LogP contribution in [0.3, 0.4) is 0 Å². The molecule has 3 heterocycles. The largest absolute Gasteiger partial charge is 0.494 e. The Balaban J connectivity index is 1.31. The molecule has 0 bridgehead atoms. The van der Waals surface area contributed by atoms with E-state index in [1.807, 2.05) is 110 Å². The van der Waals surface area contributed by atoms with Crippen LogP contribution in [-0.2, 0) is 0 Å². The third kappa shape index (κ3) is 6.33. The van der Waals surface area contributed by atoms with Crippen molar-refractivity contribution < 1.29 is 9.47 Å². The number of nitrogens with zero attached hydrogens (tertiary/aromatic N) is 5. The van der Waals surface area contributed by atoms with Gasteiger partial charge in [-0.3, -0.25) is 4.79 Å². The van der Waals surface area contributed by atoms with Crippen LogP contribution in [-0.4, -0.2) is 37.6 Å². The second kappa shape index (κ2) is 13.1. The molecule has 222 valence electrons. The van der Waals surface area contributed by atoms with Crippen molar-refractivity contribution in [2.45, 2.75) is 33.6 Å². The lowest BCUT2D eigenvalue weighted by atomic mass is 10.0. The third-order valence-corrected chi connectivity index (χ3v) is 8.03. The molecule has 0 atom stereocenters. The van der Waals surface area contributed by atoms with Crippen molar-refractivity contribution in [3.63, 3.8) is 0 Å². The molecule has 3 aromatic carbocycles. The Labute approximate surface area is 259 Å². The van der Waals surface area contributed by atoms with Gasteiger partial charge in [0.15, 0.2) is 5.82 Å². The Kier molecular flexibility index (Phi) is 8.65. The first kappa shape index (κ1) is 29.1. The second-order valence-electron chi connectivity index (χ2n) is 10.3. The molecule has 9 heteroatoms. The minimum absolute atomic E-state index is 0.216. The van der Waals surface area contributed by atoms with Gasteiger partial charge in [-0.05, 0) is 86.0 Å². The smallest absolute Gasteiger partial charge is 0.291 e. The summed E-state index contributed by atoms with van der Waals surface area (Å²) in [5.41, 5.74) is 5.25. The van der Waals surface area contributed by atoms with E-state index in [9.17, 15) is 4.79 Å². The fourth-order valence-corrected chi connectivity index (χ4v) is 5.69. The highest BCUT2D eigenvalue weighted by molar-refractivity contribution is 7.15. The molecule has 0 fully saturated rings. The van der Waals surface area contributed by atoms with Crippen LogP contribution in [0.2, 0.25) is 0 Å². The molecule has 44 heavy (non-hydrogen) atoms. The van der Waals surface area contributed by atoms with Gasteiger partial charge in [0, 0.05) is 17.3 Å². The highest BCUT2D eigenvalue weighted by Gasteiger charge is 2.15. The molecule has 8 nitrogen and oxygen atoms in total. The zero-order valence-corrected chi connectivity index (χ0v) is 25.8. The van der Waals surface area contributed by atoms with Crippen LogP contribution < -0.4 is 19.6 Å². The maximum Gasteiger partial charge on any atom is 0.291 e. The highest BCUT2D eigenvalue weighted by atomic mass is 32.1. The number of benzene rings is 3. The molecule has 0 radical (unpaired) electrons. The molecule has 0 N–H and O–H groups in total. The Morgan fingerprint density at radius 3 is 2.48 bits per heavy atom. The lowest BCUT2D eigenvalue weighted by molar-refractivity contribution is 0.309. The first-order valence-corrected chi connectivity index (χ1v) is 15.5. The van der Waals surface area contributed by atoms with E-state index in [4.69, 9.17) is 14.6 Å². The molecule has 0 saturated carbocycles. The molecule has 0 aliphatic rings. The zero-order valence-electron chi connectivity index (χ0n) is 24.9. The minimum atomic E-state index is -0.216. The van der Waals surface area contributed by atoms with Crippen LogP contribution in [0.5, 0.6) is 11.5 Å². The van der Waals surface area contributed by atoms with Crippen LogP contribution in [0.4, 0.5) is 0 Å². The Morgan fingerprint density at radius 2 is 1.75 bits per heavy atom. The number of para-hydroxylation sites is 1. The number of ether oxygens (including phenoxy) is 2. The lowest BCUT2D eigenvalue weighted by Gasteiger charge is -2.08. The fraction of sp³-hybridized carbons (Fsp3) is 0.200. The highest BCUT2D eigenvalue weighted by Crippen LogP contribution is 2.29. The molecule has 3 aromatic heterocycles. The molecule has 0 aliphatic heterocycles. The van der Waals surface area contributed by atoms with E-state index in [2.05, 4.69) is 23.1 Å². The number of fused-ring (bicyclic) bond motifs is 1. The second-order valence-corrected chi connectivity index (χ2v) is 11.3. The number of rotatable bonds is 11. The predicted molar refractivity (Wildman–Crippen MR) is 177 cm³/mol. The van der Waals surface area contributed by atoms with Crippen LogP contribution in [0, 0.1) is 6.92 Å². The average Bonchev–Trinajstić information content (AvgIpc) is 3.73. The Hall–Kier alpha value is -5.02. The van der Waals surface area contributed by atoms with Gasteiger partial charge in [0.25, 0.3) is 5.56 Å². The van der Waals surface area contributed by atoms with E-state index in [0.29, 0.717) is 21.9 Å². The normalized spacial score (nSPS) is 12.0. The van der Waals surface area contributed by atoms with Crippen molar-refractivity contribution >= 4 is 34.5 Å². The number of hydrogen-bond donors (Lipinski definition) is 0. The molecule has 0 saturated heterocycles. The monoisotopic (exact) mass is 603 g/mol. The van der Waals surface area contributed by atoms with E-state index in [1.165, 1.54) is 15.9 Å². The molecular formula is C35H33N5O3S. The van der Waals surface area contributed by atoms with Crippen molar-refractivity contribution in [3.8, 4) is 28.4 Å². The quantitative estimate of drug-likeness (QED) is 0.155. The maximum atomic E-state index is 13.4. The Bertz CT molecular complexity index is 2020. The van der Waals surface area contributed by atoms with Gasteiger partial charge in [-0.2, -0.15) is 14.6 Å². The maximum absolute atomic E-state index is 13.4. The van der Waals surface area contributed by atoms with E-state index in [1.54, 1.807) is 0 Å². The number of aryl methyl sites for hydroxylation is 1. The van der Waals surface area contributed by atoms with Crippen molar-refractivity contribution in [1.82, 2.24) is 24.4 Å². The molecule has 6 aromatic rings. The summed E-state index contributed by atoms with van der Waals surface area (Å²) < 4.78 is 15.2. The number of thiazole rings is 1. The van der Waals surface area contributed by atoms with Gasteiger partial charge in [-0.25, -0.2) is 4.68 Å². The van der Waals surface area contributed by atoms with Gasteiger partial charge < -0.3 is 9.47 Å². The lowest BCUT2D eigenvalue weighted by Crippen LogP contribution is -2.23. The van der Waals surface area contributed by atoms with Crippen LogP contribution in [0.1, 0.15) is 49.2 Å². The van der Waals surface area contributed by atoms with Gasteiger partial charge in [0.2, 0.25) is 4.96 Å². The zero-order chi connectivity index (χ0) is 30.5. The minimum Gasteiger partial charge on any atom is -0.494 e. The van der Waals surface area contributed by atoms with Gasteiger partial charge in [0.05, 0.1) is 23.4 Å². The van der Waals surface area contributed by atoms with E-state index in [0.717, 1.165) is 64.6 Å². The van der Waals surface area contributed by atoms with Crippen LogP contribution in [0.25, 0.3) is 40.1 Å². The standard InChI is InChI=1S/C35H33N5O3S/c1-4-6-20-43-29-16-12-25(13-17-29)14-19-32-36-35-40(37-32)34(41)31(44-35)22-27-23-39(28-10-8-7-9-11-28)38-33(27)26-15-18-30(42-5-2)24(3)21-26/h7-19,21-23H,4-6,20H2,1-3H3/b19-14+,31-22-. The molecule has 0 spiro atoms. The van der Waals surface area contributed by atoms with Crippen molar-refractivity contribution in [3.05, 3.63) is 116 Å². The van der Waals surface area contributed by atoms with Crippen molar-refractivity contribution in [2.75, 3.05) is 13.2 Å². The van der Waals surface area contributed by atoms with Crippen molar-refractivity contribution in [1.29, 1.82) is 0 Å². The fourth-order valence-electron chi connectivity index (χ4n) is 4.79. The predicted octanol–water partition coefficient (Wildman–Crippen LogP) is 6.61. The summed E-state index contributed by atoms with van der Waals surface area (Å²) in [6, 6.07) is 23.8. The van der Waals surface area contributed by atoms with E-state index in [-0.39, 0.29) is 5.56 Å². The Morgan fingerprint density at radius 1 is 0.932 bits per heavy atom. The summed E-state index contributed by atoms with van der Waals surface area (Å²) in [5.74, 6) is 2.17. The molecule has 0 amide bonds. The summed E-state index contributed by atoms with van der Waals surface area (Å²) in [6.45, 7) is 7.45. The SMILES string of the molecule is CCCCOc1ccc(/C=C/c2nc3s/c(=C\c4cn(-c5ccccc5)nc4-c4ccc(OCC)c(C)c4)c(=O)n3n2)cc1. The molecule has 6 rings (SSSR count). The summed E-state index contributed by atoms with van der Waals surface area (Å²) in [5, 5.41) is 9.38. The average molecular weight is 604 g/mol. The number of aromatic nitrogens is 5. The third-order valence-electron chi connectivity index (χ3n) is 7.07. The van der Waals surface area contributed by atoms with Gasteiger partial charge in [-0.1, -0.05) is 61.1 Å². The van der Waals surface area contributed by atoms with Gasteiger partial charge in [0.1, 0.15) is 17.2 Å². The van der Waals surface area contributed by atoms with Crippen LogP contribution in [0.15, 0.2) is 83.8 Å². The number of unbranched alkanes of at least 4 members (excludes halogenated alkanes) is 1. The summed E-state index contributed by atoms with van der Waals surface area (Å²) in [6.07, 6.45) is 9.69. The van der Waals surface area contributed by atoms with Gasteiger partial charge in [-0.15, -0.1) is 5.10 Å². The summed E-state index contributed by atoms with van der Waals surface area (Å²) in [7, 11) is 0. The van der Waals surface area contributed by atoms with E-state index < -0.39 is 0 Å². The topological polar surface area (TPSA) is 83.5 Å². The first-order chi connectivity index (χ1) is 21.5. The van der Waals surface area contributed by atoms with Crippen molar-refractivity contribution in [2.24, 2.45) is 0 Å².